The highest BCUT2D eigenvalue weighted by atomic mass is 19.1. The summed E-state index contributed by atoms with van der Waals surface area (Å²) in [4.78, 5) is 0. The fourth-order valence-corrected chi connectivity index (χ4v) is 2.41. The van der Waals surface area contributed by atoms with Crippen molar-refractivity contribution in [2.45, 2.75) is 12.8 Å². The maximum Gasteiger partial charge on any atom is 0.208 e. The zero-order chi connectivity index (χ0) is 14.6. The fraction of sp³-hybridized carbons (Fsp3) is 0.250. The van der Waals surface area contributed by atoms with Crippen molar-refractivity contribution in [2.24, 2.45) is 5.92 Å². The predicted molar refractivity (Wildman–Crippen MR) is 73.5 cm³/mol. The van der Waals surface area contributed by atoms with Gasteiger partial charge < -0.3 is 14.3 Å². The van der Waals surface area contributed by atoms with E-state index < -0.39 is 17.4 Å². The van der Waals surface area contributed by atoms with Crippen molar-refractivity contribution >= 4 is 21.9 Å². The third-order valence-corrected chi connectivity index (χ3v) is 3.80. The third kappa shape index (κ3) is 1.92. The van der Waals surface area contributed by atoms with E-state index in [1.165, 1.54) is 18.2 Å². The van der Waals surface area contributed by atoms with E-state index in [9.17, 15) is 13.9 Å². The molecule has 1 aromatic heterocycles. The van der Waals surface area contributed by atoms with E-state index in [1.807, 2.05) is 0 Å². The number of fused-ring (bicyclic) bond motifs is 3. The van der Waals surface area contributed by atoms with Gasteiger partial charge in [0.05, 0.1) is 6.61 Å². The first-order chi connectivity index (χ1) is 10.1. The van der Waals surface area contributed by atoms with Crippen molar-refractivity contribution in [3.8, 4) is 11.5 Å². The molecular weight excluding hydrogens is 278 g/mol. The van der Waals surface area contributed by atoms with Crippen molar-refractivity contribution in [3.63, 3.8) is 0 Å². The number of ether oxygens (including phenoxy) is 1. The molecule has 0 aliphatic heterocycles. The number of hydrogen-bond acceptors (Lipinski definition) is 3. The summed E-state index contributed by atoms with van der Waals surface area (Å²) in [6.07, 6.45) is 2.22. The van der Waals surface area contributed by atoms with E-state index in [-0.39, 0.29) is 16.9 Å². The Bertz CT molecular complexity index is 850. The van der Waals surface area contributed by atoms with Crippen LogP contribution in [0.1, 0.15) is 12.8 Å². The van der Waals surface area contributed by atoms with Crippen molar-refractivity contribution in [2.75, 3.05) is 6.61 Å². The monoisotopic (exact) mass is 290 g/mol. The summed E-state index contributed by atoms with van der Waals surface area (Å²) in [5.74, 6) is -1.43. The van der Waals surface area contributed by atoms with Gasteiger partial charge in [0.25, 0.3) is 0 Å². The molecule has 1 aliphatic rings. The second-order valence-corrected chi connectivity index (χ2v) is 5.39. The zero-order valence-corrected chi connectivity index (χ0v) is 11.0. The lowest BCUT2D eigenvalue weighted by molar-refractivity contribution is 0.285. The molecule has 0 radical (unpaired) electrons. The molecule has 0 saturated heterocycles. The summed E-state index contributed by atoms with van der Waals surface area (Å²) in [5, 5.41) is 10.2. The van der Waals surface area contributed by atoms with Gasteiger partial charge in [-0.2, -0.15) is 8.78 Å². The van der Waals surface area contributed by atoms with E-state index in [1.54, 1.807) is 6.07 Å². The molecule has 108 valence electrons. The van der Waals surface area contributed by atoms with Gasteiger partial charge in [-0.05, 0) is 43.0 Å². The molecule has 3 aromatic rings. The molecule has 5 heteroatoms. The molecule has 1 heterocycles. The minimum Gasteiger partial charge on any atom is -0.505 e. The lowest BCUT2D eigenvalue weighted by Gasteiger charge is -2.05. The Morgan fingerprint density at radius 1 is 1.05 bits per heavy atom. The van der Waals surface area contributed by atoms with E-state index in [2.05, 4.69) is 0 Å². The second-order valence-electron chi connectivity index (χ2n) is 5.39. The van der Waals surface area contributed by atoms with Crippen LogP contribution in [0.2, 0.25) is 0 Å². The molecule has 2 aromatic carbocycles. The predicted octanol–water partition coefficient (Wildman–Crippen LogP) is 4.36. The molecule has 0 bridgehead atoms. The van der Waals surface area contributed by atoms with Crippen LogP contribution in [-0.4, -0.2) is 11.7 Å². The molecule has 0 atom stereocenters. The summed E-state index contributed by atoms with van der Waals surface area (Å²) in [6.45, 7) is 0.484. The Balaban J connectivity index is 1.88. The van der Waals surface area contributed by atoms with Gasteiger partial charge >= 0.3 is 0 Å². The number of halogens is 2. The molecular formula is C16H12F2O3. The van der Waals surface area contributed by atoms with Crippen LogP contribution < -0.4 is 4.74 Å². The van der Waals surface area contributed by atoms with Crippen LogP contribution in [0.5, 0.6) is 11.5 Å². The second kappa shape index (κ2) is 4.35. The molecule has 1 saturated carbocycles. The number of benzene rings is 2. The average Bonchev–Trinajstić information content (AvgIpc) is 3.22. The highest BCUT2D eigenvalue weighted by Crippen LogP contribution is 2.38. The normalized spacial score (nSPS) is 15.0. The van der Waals surface area contributed by atoms with Crippen molar-refractivity contribution in [3.05, 3.63) is 35.9 Å². The Kier molecular flexibility index (Phi) is 2.58. The van der Waals surface area contributed by atoms with Crippen molar-refractivity contribution < 1.29 is 23.0 Å². The Hall–Kier alpha value is -2.30. The smallest absolute Gasteiger partial charge is 0.208 e. The third-order valence-electron chi connectivity index (χ3n) is 3.80. The lowest BCUT2D eigenvalue weighted by Crippen LogP contribution is -2.00. The van der Waals surface area contributed by atoms with Gasteiger partial charge in [0.1, 0.15) is 0 Å². The molecule has 0 amide bonds. The SMILES string of the molecule is Oc1ccc2c(oc3c(F)c(OCC4CC4)ccc32)c1F. The van der Waals surface area contributed by atoms with Gasteiger partial charge in [0.15, 0.2) is 22.7 Å². The van der Waals surface area contributed by atoms with E-state index in [0.717, 1.165) is 12.8 Å². The Morgan fingerprint density at radius 2 is 1.71 bits per heavy atom. The van der Waals surface area contributed by atoms with Gasteiger partial charge in [-0.3, -0.25) is 0 Å². The molecule has 1 fully saturated rings. The highest BCUT2D eigenvalue weighted by Gasteiger charge is 2.24. The van der Waals surface area contributed by atoms with Crippen LogP contribution in [-0.2, 0) is 0 Å². The summed E-state index contributed by atoms with van der Waals surface area (Å²) in [6, 6.07) is 5.90. The minimum atomic E-state index is -0.886. The number of phenolic OH excluding ortho intramolecular Hbond substituents is 1. The van der Waals surface area contributed by atoms with Crippen molar-refractivity contribution in [1.82, 2.24) is 0 Å². The molecule has 3 nitrogen and oxygen atoms in total. The van der Waals surface area contributed by atoms with E-state index >= 15 is 0 Å². The number of aromatic hydroxyl groups is 1. The number of hydrogen-bond donors (Lipinski definition) is 1. The summed E-state index contributed by atoms with van der Waals surface area (Å²) in [5.41, 5.74) is -0.203. The van der Waals surface area contributed by atoms with Gasteiger partial charge in [-0.15, -0.1) is 0 Å². The molecule has 0 unspecified atom stereocenters. The van der Waals surface area contributed by atoms with Crippen molar-refractivity contribution in [1.29, 1.82) is 0 Å². The van der Waals surface area contributed by atoms with E-state index in [0.29, 0.717) is 23.3 Å². The summed E-state index contributed by atoms with van der Waals surface area (Å²) >= 11 is 0. The Labute approximate surface area is 118 Å². The van der Waals surface area contributed by atoms with Crippen LogP contribution in [0.3, 0.4) is 0 Å². The lowest BCUT2D eigenvalue weighted by atomic mass is 10.1. The highest BCUT2D eigenvalue weighted by molar-refractivity contribution is 6.06. The maximum atomic E-state index is 14.4. The largest absolute Gasteiger partial charge is 0.505 e. The average molecular weight is 290 g/mol. The molecule has 4 rings (SSSR count). The summed E-state index contributed by atoms with van der Waals surface area (Å²) in [7, 11) is 0. The first-order valence-corrected chi connectivity index (χ1v) is 6.80. The maximum absolute atomic E-state index is 14.4. The molecule has 1 aliphatic carbocycles. The topological polar surface area (TPSA) is 42.6 Å². The van der Waals surface area contributed by atoms with Crippen LogP contribution in [0.25, 0.3) is 21.9 Å². The van der Waals surface area contributed by atoms with E-state index in [4.69, 9.17) is 9.15 Å². The van der Waals surface area contributed by atoms with Gasteiger partial charge in [-0.1, -0.05) is 0 Å². The first kappa shape index (κ1) is 12.4. The number of rotatable bonds is 3. The number of furan rings is 1. The molecule has 21 heavy (non-hydrogen) atoms. The van der Waals surface area contributed by atoms with Gasteiger partial charge in [0.2, 0.25) is 11.6 Å². The quantitative estimate of drug-likeness (QED) is 0.779. The minimum absolute atomic E-state index is 0.0530. The fourth-order valence-electron chi connectivity index (χ4n) is 2.41. The van der Waals surface area contributed by atoms with Gasteiger partial charge in [0, 0.05) is 10.8 Å². The van der Waals surface area contributed by atoms with Crippen LogP contribution >= 0.6 is 0 Å². The summed E-state index contributed by atoms with van der Waals surface area (Å²) < 4.78 is 38.9. The van der Waals surface area contributed by atoms with Crippen LogP contribution in [0.15, 0.2) is 28.7 Å². The first-order valence-electron chi connectivity index (χ1n) is 6.80. The standard InChI is InChI=1S/C16H12F2O3/c17-13-11(19)5-3-9-10-4-6-12(20-7-8-1-2-8)14(18)16(10)21-15(9)13/h3-6,8,19H,1-2,7H2. The zero-order valence-electron chi connectivity index (χ0n) is 11.0. The van der Waals surface area contributed by atoms with Crippen LogP contribution in [0, 0.1) is 17.6 Å². The van der Waals surface area contributed by atoms with Crippen LogP contribution in [0.4, 0.5) is 8.78 Å². The number of phenols is 1. The molecule has 0 spiro atoms. The Morgan fingerprint density at radius 3 is 2.43 bits per heavy atom. The molecule has 1 N–H and O–H groups in total. The van der Waals surface area contributed by atoms with Gasteiger partial charge in [-0.25, -0.2) is 0 Å².